The largest absolute Gasteiger partial charge is 0.506 e. The lowest BCUT2D eigenvalue weighted by Gasteiger charge is -2.37. The van der Waals surface area contributed by atoms with E-state index in [-0.39, 0.29) is 23.8 Å². The average Bonchev–Trinajstić information content (AvgIpc) is 3.15. The van der Waals surface area contributed by atoms with E-state index in [1.807, 2.05) is 48.5 Å². The van der Waals surface area contributed by atoms with Crippen molar-refractivity contribution in [3.63, 3.8) is 0 Å². The molecule has 54 heavy (non-hydrogen) atoms. The molecule has 1 saturated carbocycles. The molecule has 0 spiro atoms. The molecule has 1 aliphatic carbocycles. The van der Waals surface area contributed by atoms with Gasteiger partial charge in [-0.25, -0.2) is 4.79 Å². The lowest BCUT2D eigenvalue weighted by atomic mass is 9.80. The maximum Gasteiger partial charge on any atom is 0.348 e. The minimum Gasteiger partial charge on any atom is -0.506 e. The SMILES string of the molecule is CN(/C=C/C(OC(=O)C1(O)c2ccccc2Oc2ccccc21)C1CCC1)CCCOc1ccc(CNCC(O)c2ccc(O)c3[nH]c(=O)ccc23)cc1. The second-order valence-electron chi connectivity index (χ2n) is 14.0. The number of aliphatic hydroxyl groups is 2. The Balaban J connectivity index is 0.873. The smallest absolute Gasteiger partial charge is 0.348 e. The van der Waals surface area contributed by atoms with Crippen LogP contribution in [0.25, 0.3) is 10.9 Å². The Morgan fingerprint density at radius 1 is 1.00 bits per heavy atom. The molecule has 2 heterocycles. The lowest BCUT2D eigenvalue weighted by molar-refractivity contribution is -0.169. The van der Waals surface area contributed by atoms with Gasteiger partial charge in [-0.15, -0.1) is 0 Å². The van der Waals surface area contributed by atoms with Gasteiger partial charge in [-0.3, -0.25) is 4.79 Å². The number of pyridine rings is 1. The topological polar surface area (TPSA) is 154 Å². The molecule has 1 aliphatic heterocycles. The summed E-state index contributed by atoms with van der Waals surface area (Å²) in [5.74, 6) is 1.04. The van der Waals surface area contributed by atoms with Crippen LogP contribution >= 0.6 is 0 Å². The van der Waals surface area contributed by atoms with Crippen molar-refractivity contribution in [2.45, 2.75) is 50.0 Å². The van der Waals surface area contributed by atoms with Gasteiger partial charge >= 0.3 is 5.97 Å². The number of aliphatic hydroxyl groups excluding tert-OH is 1. The molecule has 2 unspecified atom stereocenters. The highest BCUT2D eigenvalue weighted by Gasteiger charge is 2.49. The first-order valence-electron chi connectivity index (χ1n) is 18.3. The van der Waals surface area contributed by atoms with E-state index in [1.165, 1.54) is 12.1 Å². The highest BCUT2D eigenvalue weighted by Crippen LogP contribution is 2.47. The van der Waals surface area contributed by atoms with Gasteiger partial charge in [0.1, 0.15) is 29.1 Å². The zero-order valence-electron chi connectivity index (χ0n) is 30.1. The van der Waals surface area contributed by atoms with Crippen LogP contribution in [-0.2, 0) is 21.7 Å². The molecule has 0 radical (unpaired) electrons. The summed E-state index contributed by atoms with van der Waals surface area (Å²) >= 11 is 0. The number of carbonyl (C=O) groups excluding carboxylic acids is 1. The van der Waals surface area contributed by atoms with Crippen LogP contribution in [-0.4, -0.2) is 64.0 Å². The predicted octanol–water partition coefficient (Wildman–Crippen LogP) is 6.03. The molecule has 1 aromatic heterocycles. The number of aromatic hydroxyl groups is 1. The van der Waals surface area contributed by atoms with Crippen molar-refractivity contribution in [2.24, 2.45) is 5.92 Å². The number of benzene rings is 4. The highest BCUT2D eigenvalue weighted by molar-refractivity contribution is 5.89. The summed E-state index contributed by atoms with van der Waals surface area (Å²) in [4.78, 5) is 30.2. The van der Waals surface area contributed by atoms with E-state index >= 15 is 0 Å². The summed E-state index contributed by atoms with van der Waals surface area (Å²) in [6.45, 7) is 2.06. The standard InChI is InChI=1S/C43H45N3O8/c1-46(24-22-37(29-8-6-9-29)54-42(50)43(51)33-10-2-4-12-38(33)53-39-13-5-3-11-34(39)43)23-7-25-52-30-16-14-28(15-17-30)26-44-27-36(48)31-18-20-35(47)41-32(31)19-21-40(49)45-41/h2-5,10-22,24,29,36-37,44,47-48,51H,6-9,23,25-27H2,1H3,(H,45,49)/b24-22+. The number of phenolic OH excluding ortho intramolecular Hbond substituents is 1. The molecular formula is C43H45N3O8. The number of nitrogens with one attached hydrogen (secondary N) is 2. The number of aromatic nitrogens is 1. The molecule has 11 heteroatoms. The molecule has 0 bridgehead atoms. The van der Waals surface area contributed by atoms with Crippen LogP contribution in [0.5, 0.6) is 23.0 Å². The summed E-state index contributed by atoms with van der Waals surface area (Å²) in [6, 6.07) is 27.9. The molecule has 280 valence electrons. The molecule has 5 N–H and O–H groups in total. The number of H-pyrrole nitrogens is 1. The van der Waals surface area contributed by atoms with Crippen molar-refractivity contribution in [2.75, 3.05) is 26.7 Å². The first-order chi connectivity index (χ1) is 26.2. The number of aromatic amines is 1. The number of phenols is 1. The molecule has 0 saturated heterocycles. The van der Waals surface area contributed by atoms with Crippen LogP contribution in [0.2, 0.25) is 0 Å². The van der Waals surface area contributed by atoms with Crippen molar-refractivity contribution in [1.29, 1.82) is 0 Å². The Kier molecular flexibility index (Phi) is 11.0. The second kappa shape index (κ2) is 16.2. The number of ether oxygens (including phenoxy) is 3. The number of hydrogen-bond acceptors (Lipinski definition) is 10. The Bertz CT molecular complexity index is 2130. The number of nitrogens with zero attached hydrogens (tertiary/aromatic N) is 1. The number of esters is 1. The Morgan fingerprint density at radius 2 is 1.70 bits per heavy atom. The van der Waals surface area contributed by atoms with Crippen molar-refractivity contribution < 1.29 is 34.3 Å². The summed E-state index contributed by atoms with van der Waals surface area (Å²) in [5.41, 5.74) is 0.364. The Morgan fingerprint density at radius 3 is 2.39 bits per heavy atom. The van der Waals surface area contributed by atoms with Crippen LogP contribution in [0, 0.1) is 5.92 Å². The van der Waals surface area contributed by atoms with E-state index in [4.69, 9.17) is 14.2 Å². The molecule has 1 fully saturated rings. The van der Waals surface area contributed by atoms with Gasteiger partial charge in [0, 0.05) is 49.3 Å². The van der Waals surface area contributed by atoms with Crippen molar-refractivity contribution in [1.82, 2.24) is 15.2 Å². The third-order valence-corrected chi connectivity index (χ3v) is 10.2. The fourth-order valence-electron chi connectivity index (χ4n) is 6.99. The van der Waals surface area contributed by atoms with Crippen molar-refractivity contribution in [3.8, 4) is 23.0 Å². The van der Waals surface area contributed by atoms with E-state index in [1.54, 1.807) is 60.7 Å². The van der Waals surface area contributed by atoms with Gasteiger partial charge < -0.3 is 44.7 Å². The second-order valence-corrected chi connectivity index (χ2v) is 14.0. The van der Waals surface area contributed by atoms with E-state index in [2.05, 4.69) is 10.3 Å². The van der Waals surface area contributed by atoms with Gasteiger partial charge in [-0.1, -0.05) is 61.0 Å². The molecule has 5 aromatic rings. The highest BCUT2D eigenvalue weighted by atomic mass is 16.6. The van der Waals surface area contributed by atoms with Gasteiger partial charge in [0.2, 0.25) is 11.2 Å². The molecule has 2 atom stereocenters. The summed E-state index contributed by atoms with van der Waals surface area (Å²) in [6.07, 6.45) is 6.29. The monoisotopic (exact) mass is 731 g/mol. The summed E-state index contributed by atoms with van der Waals surface area (Å²) in [5, 5.41) is 36.8. The maximum atomic E-state index is 13.9. The normalized spacial score (nSPS) is 15.8. The fourth-order valence-corrected chi connectivity index (χ4v) is 6.99. The van der Waals surface area contributed by atoms with E-state index in [0.29, 0.717) is 52.2 Å². The molecular weight excluding hydrogens is 686 g/mol. The zero-order chi connectivity index (χ0) is 37.7. The van der Waals surface area contributed by atoms with Crippen molar-refractivity contribution in [3.05, 3.63) is 142 Å². The van der Waals surface area contributed by atoms with Crippen LogP contribution in [0.3, 0.4) is 0 Å². The van der Waals surface area contributed by atoms with Crippen molar-refractivity contribution >= 4 is 16.9 Å². The number of para-hydroxylation sites is 2. The summed E-state index contributed by atoms with van der Waals surface area (Å²) in [7, 11) is 1.97. The number of fused-ring (bicyclic) bond motifs is 3. The van der Waals surface area contributed by atoms with Gasteiger partial charge in [0.15, 0.2) is 0 Å². The van der Waals surface area contributed by atoms with Crippen LogP contribution in [0.1, 0.15) is 54.0 Å². The van der Waals surface area contributed by atoms with Gasteiger partial charge in [0.05, 0.1) is 18.2 Å². The number of rotatable bonds is 15. The number of hydrogen-bond donors (Lipinski definition) is 5. The maximum absolute atomic E-state index is 13.9. The first-order valence-corrected chi connectivity index (χ1v) is 18.3. The lowest BCUT2D eigenvalue weighted by Crippen LogP contribution is -2.44. The van der Waals surface area contributed by atoms with E-state index < -0.39 is 23.8 Å². The Labute approximate surface area is 313 Å². The van der Waals surface area contributed by atoms with Gasteiger partial charge in [-0.05, 0) is 85.0 Å². The molecule has 4 aromatic carbocycles. The predicted molar refractivity (Wildman–Crippen MR) is 204 cm³/mol. The third-order valence-electron chi connectivity index (χ3n) is 10.2. The third kappa shape index (κ3) is 7.84. The van der Waals surface area contributed by atoms with Crippen LogP contribution in [0.15, 0.2) is 114 Å². The van der Waals surface area contributed by atoms with Gasteiger partial charge in [0.25, 0.3) is 0 Å². The van der Waals surface area contributed by atoms with E-state index in [0.717, 1.165) is 43.5 Å². The summed E-state index contributed by atoms with van der Waals surface area (Å²) < 4.78 is 18.1. The molecule has 11 nitrogen and oxygen atoms in total. The van der Waals surface area contributed by atoms with Crippen LogP contribution in [0.4, 0.5) is 0 Å². The quantitative estimate of drug-likeness (QED) is 0.0638. The molecule has 2 aliphatic rings. The van der Waals surface area contributed by atoms with E-state index in [9.17, 15) is 24.9 Å². The number of carbonyl (C=O) groups is 1. The minimum absolute atomic E-state index is 0.0439. The minimum atomic E-state index is -1.99. The molecule has 7 rings (SSSR count). The van der Waals surface area contributed by atoms with Crippen LogP contribution < -0.4 is 20.3 Å². The first kappa shape index (κ1) is 36.7. The fraction of sp³-hybridized carbons (Fsp3) is 0.302. The molecule has 0 amide bonds. The average molecular weight is 732 g/mol. The van der Waals surface area contributed by atoms with Gasteiger partial charge in [-0.2, -0.15) is 0 Å². The Hall–Kier alpha value is -5.62. The zero-order valence-corrected chi connectivity index (χ0v) is 30.1.